The van der Waals surface area contributed by atoms with Gasteiger partial charge in [-0.3, -0.25) is 10.1 Å². The summed E-state index contributed by atoms with van der Waals surface area (Å²) in [5.41, 5.74) is -0.989. The van der Waals surface area contributed by atoms with E-state index in [1.165, 1.54) is 12.1 Å². The number of benzene rings is 1. The van der Waals surface area contributed by atoms with Gasteiger partial charge in [0.15, 0.2) is 0 Å². The second-order valence-corrected chi connectivity index (χ2v) is 6.65. The van der Waals surface area contributed by atoms with E-state index in [0.717, 1.165) is 6.07 Å². The third-order valence-corrected chi connectivity index (χ3v) is 4.19. The van der Waals surface area contributed by atoms with Crippen LogP contribution in [0.1, 0.15) is 13.3 Å². The lowest BCUT2D eigenvalue weighted by molar-refractivity contribution is -0.385. The molecule has 0 aromatic heterocycles. The first kappa shape index (κ1) is 14.7. The van der Waals surface area contributed by atoms with Crippen LogP contribution in [0.15, 0.2) is 23.1 Å². The molecular weight excluding hydrogens is 286 g/mol. The van der Waals surface area contributed by atoms with Gasteiger partial charge in [-0.05, 0) is 19.4 Å². The molecule has 2 rings (SSSR count). The van der Waals surface area contributed by atoms with Crippen LogP contribution in [0, 0.1) is 10.1 Å². The Morgan fingerprint density at radius 3 is 2.60 bits per heavy atom. The molecule has 1 heterocycles. The quantitative estimate of drug-likeness (QED) is 0.606. The topological polar surface area (TPSA) is 127 Å². The van der Waals surface area contributed by atoms with E-state index in [-0.39, 0.29) is 22.8 Å². The first-order chi connectivity index (χ1) is 9.10. The SMILES string of the molecule is CC1(O)CCN(c2ccc([N+](=O)[O-])cc2S(N)(=O)=O)C1. The van der Waals surface area contributed by atoms with Gasteiger partial charge in [0.2, 0.25) is 10.0 Å². The van der Waals surface area contributed by atoms with Crippen LogP contribution in [0.5, 0.6) is 0 Å². The summed E-state index contributed by atoms with van der Waals surface area (Å²) in [4.78, 5) is 11.4. The summed E-state index contributed by atoms with van der Waals surface area (Å²) in [5.74, 6) is 0. The van der Waals surface area contributed by atoms with Gasteiger partial charge in [-0.25, -0.2) is 13.6 Å². The van der Waals surface area contributed by atoms with Gasteiger partial charge in [-0.2, -0.15) is 0 Å². The highest BCUT2D eigenvalue weighted by atomic mass is 32.2. The van der Waals surface area contributed by atoms with Crippen molar-refractivity contribution < 1.29 is 18.4 Å². The van der Waals surface area contributed by atoms with Gasteiger partial charge in [0, 0.05) is 25.2 Å². The van der Waals surface area contributed by atoms with E-state index in [1.54, 1.807) is 11.8 Å². The van der Waals surface area contributed by atoms with Crippen LogP contribution in [-0.4, -0.2) is 37.1 Å². The molecule has 1 aliphatic heterocycles. The van der Waals surface area contributed by atoms with E-state index in [2.05, 4.69) is 0 Å². The maximum atomic E-state index is 11.6. The van der Waals surface area contributed by atoms with Crippen LogP contribution in [0.2, 0.25) is 0 Å². The van der Waals surface area contributed by atoms with Crippen molar-refractivity contribution in [1.82, 2.24) is 0 Å². The number of nitrogens with two attached hydrogens (primary N) is 1. The summed E-state index contributed by atoms with van der Waals surface area (Å²) in [5, 5.41) is 25.8. The van der Waals surface area contributed by atoms with Crippen molar-refractivity contribution in [3.05, 3.63) is 28.3 Å². The van der Waals surface area contributed by atoms with Crippen molar-refractivity contribution in [2.24, 2.45) is 5.14 Å². The second-order valence-electron chi connectivity index (χ2n) is 5.12. The Hall–Kier alpha value is -1.71. The Kier molecular flexibility index (Phi) is 3.44. The van der Waals surface area contributed by atoms with Gasteiger partial charge in [-0.1, -0.05) is 0 Å². The predicted molar refractivity (Wildman–Crippen MR) is 71.9 cm³/mol. The van der Waals surface area contributed by atoms with E-state index in [0.29, 0.717) is 13.0 Å². The lowest BCUT2D eigenvalue weighted by Gasteiger charge is -2.22. The van der Waals surface area contributed by atoms with Crippen molar-refractivity contribution >= 4 is 21.4 Å². The number of anilines is 1. The molecule has 20 heavy (non-hydrogen) atoms. The van der Waals surface area contributed by atoms with Crippen LogP contribution in [0.3, 0.4) is 0 Å². The maximum absolute atomic E-state index is 11.6. The average Bonchev–Trinajstić information content (AvgIpc) is 2.67. The molecule has 0 radical (unpaired) electrons. The zero-order valence-corrected chi connectivity index (χ0v) is 11.6. The van der Waals surface area contributed by atoms with Gasteiger partial charge in [0.25, 0.3) is 5.69 Å². The average molecular weight is 301 g/mol. The van der Waals surface area contributed by atoms with Gasteiger partial charge in [-0.15, -0.1) is 0 Å². The number of non-ortho nitro benzene ring substituents is 1. The lowest BCUT2D eigenvalue weighted by Crippen LogP contribution is -2.30. The molecule has 110 valence electrons. The fraction of sp³-hybridized carbons (Fsp3) is 0.455. The van der Waals surface area contributed by atoms with Crippen molar-refractivity contribution in [2.75, 3.05) is 18.0 Å². The number of nitro benzene ring substituents is 1. The standard InChI is InChI=1S/C11H15N3O5S/c1-11(15)4-5-13(7-11)9-3-2-8(14(16)17)6-10(9)20(12,18)19/h2-3,6,15H,4-5,7H2,1H3,(H2,12,18,19). The number of nitrogens with zero attached hydrogens (tertiary/aromatic N) is 2. The highest BCUT2D eigenvalue weighted by Gasteiger charge is 2.34. The van der Waals surface area contributed by atoms with Gasteiger partial charge < -0.3 is 10.0 Å². The first-order valence-electron chi connectivity index (χ1n) is 5.89. The van der Waals surface area contributed by atoms with E-state index in [1.807, 2.05) is 0 Å². The lowest BCUT2D eigenvalue weighted by atomic mass is 10.1. The molecule has 0 spiro atoms. The first-order valence-corrected chi connectivity index (χ1v) is 7.43. The molecule has 9 heteroatoms. The van der Waals surface area contributed by atoms with E-state index in [9.17, 15) is 23.6 Å². The molecular formula is C11H15N3O5S. The number of β-amino-alcohol motifs (C(OH)–C–C–N with tert-alkyl or cyclic N) is 1. The Bertz CT molecular complexity index is 656. The van der Waals surface area contributed by atoms with Crippen LogP contribution < -0.4 is 10.0 Å². The van der Waals surface area contributed by atoms with Crippen molar-refractivity contribution in [3.8, 4) is 0 Å². The van der Waals surface area contributed by atoms with Crippen molar-refractivity contribution in [1.29, 1.82) is 0 Å². The molecule has 1 saturated heterocycles. The summed E-state index contributed by atoms with van der Waals surface area (Å²) in [6.07, 6.45) is 0.480. The monoisotopic (exact) mass is 301 g/mol. The molecule has 1 fully saturated rings. The van der Waals surface area contributed by atoms with Gasteiger partial charge >= 0.3 is 0 Å². The molecule has 0 bridgehead atoms. The number of aliphatic hydroxyl groups is 1. The predicted octanol–water partition coefficient (Wildman–Crippen LogP) is 0.203. The molecule has 1 aliphatic rings. The molecule has 1 unspecified atom stereocenters. The Morgan fingerprint density at radius 1 is 1.50 bits per heavy atom. The largest absolute Gasteiger partial charge is 0.388 e. The number of rotatable bonds is 3. The molecule has 3 N–H and O–H groups in total. The van der Waals surface area contributed by atoms with Crippen LogP contribution in [-0.2, 0) is 10.0 Å². The Morgan fingerprint density at radius 2 is 2.15 bits per heavy atom. The smallest absolute Gasteiger partial charge is 0.270 e. The fourth-order valence-corrected chi connectivity index (χ4v) is 3.03. The Balaban J connectivity index is 2.51. The number of hydrogen-bond donors (Lipinski definition) is 2. The normalized spacial score (nSPS) is 23.1. The van der Waals surface area contributed by atoms with Crippen molar-refractivity contribution in [2.45, 2.75) is 23.8 Å². The molecule has 1 aromatic rings. The summed E-state index contributed by atoms with van der Waals surface area (Å²) in [7, 11) is -4.09. The van der Waals surface area contributed by atoms with E-state index >= 15 is 0 Å². The fourth-order valence-electron chi connectivity index (χ4n) is 2.26. The van der Waals surface area contributed by atoms with Gasteiger partial charge in [0.05, 0.1) is 16.2 Å². The van der Waals surface area contributed by atoms with Crippen LogP contribution in [0.4, 0.5) is 11.4 Å². The second kappa shape index (κ2) is 4.69. The number of sulfonamides is 1. The third kappa shape index (κ3) is 2.89. The minimum absolute atomic E-state index is 0.243. The molecule has 1 aromatic carbocycles. The van der Waals surface area contributed by atoms with Crippen LogP contribution in [0.25, 0.3) is 0 Å². The van der Waals surface area contributed by atoms with Gasteiger partial charge in [0.1, 0.15) is 4.90 Å². The molecule has 0 saturated carbocycles. The minimum atomic E-state index is -4.09. The highest BCUT2D eigenvalue weighted by molar-refractivity contribution is 7.89. The zero-order chi connectivity index (χ0) is 15.1. The maximum Gasteiger partial charge on any atom is 0.270 e. The van der Waals surface area contributed by atoms with Crippen LogP contribution >= 0.6 is 0 Å². The molecule has 0 amide bonds. The number of primary sulfonamides is 1. The number of hydrogen-bond acceptors (Lipinski definition) is 6. The third-order valence-electron chi connectivity index (χ3n) is 3.25. The highest BCUT2D eigenvalue weighted by Crippen LogP contribution is 2.33. The van der Waals surface area contributed by atoms with E-state index < -0.39 is 20.5 Å². The molecule has 0 aliphatic carbocycles. The molecule has 1 atom stereocenters. The summed E-state index contributed by atoms with van der Waals surface area (Å²) < 4.78 is 23.2. The van der Waals surface area contributed by atoms with E-state index in [4.69, 9.17) is 5.14 Å². The summed E-state index contributed by atoms with van der Waals surface area (Å²) >= 11 is 0. The zero-order valence-electron chi connectivity index (χ0n) is 10.8. The summed E-state index contributed by atoms with van der Waals surface area (Å²) in [6.45, 7) is 2.34. The summed E-state index contributed by atoms with van der Waals surface area (Å²) in [6, 6.07) is 3.51. The minimum Gasteiger partial charge on any atom is -0.388 e. The number of nitro groups is 1. The van der Waals surface area contributed by atoms with Crippen molar-refractivity contribution in [3.63, 3.8) is 0 Å². The Labute approximate surface area is 116 Å². The molecule has 8 nitrogen and oxygen atoms in total.